The molecule has 1 aliphatic rings. The Hall–Kier alpha value is -0.970. The van der Waals surface area contributed by atoms with E-state index in [0.29, 0.717) is 6.04 Å². The van der Waals surface area contributed by atoms with E-state index >= 15 is 0 Å². The van der Waals surface area contributed by atoms with Gasteiger partial charge in [0.15, 0.2) is 0 Å². The average molecular weight is 334 g/mol. The number of pyridine rings is 1. The van der Waals surface area contributed by atoms with Crippen molar-refractivity contribution in [2.24, 2.45) is 11.7 Å². The lowest BCUT2D eigenvalue weighted by atomic mass is 10.1. The molecule has 0 spiro atoms. The molecule has 1 saturated carbocycles. The van der Waals surface area contributed by atoms with Gasteiger partial charge >= 0.3 is 0 Å². The zero-order valence-corrected chi connectivity index (χ0v) is 13.3. The molecule has 106 valence electrons. The van der Waals surface area contributed by atoms with Gasteiger partial charge in [-0.3, -0.25) is 9.88 Å². The Morgan fingerprint density at radius 3 is 2.90 bits per heavy atom. The van der Waals surface area contributed by atoms with Crippen molar-refractivity contribution in [3.63, 3.8) is 0 Å². The SMILES string of the molecule is CN(Cc1ccc(Br)c2cccnc12)C(CN)C1CC1. The van der Waals surface area contributed by atoms with Crippen molar-refractivity contribution in [3.05, 3.63) is 40.5 Å². The van der Waals surface area contributed by atoms with Gasteiger partial charge in [-0.05, 0) is 43.5 Å². The van der Waals surface area contributed by atoms with Crippen molar-refractivity contribution in [3.8, 4) is 0 Å². The fourth-order valence-corrected chi connectivity index (χ4v) is 3.38. The standard InChI is InChI=1S/C16H20BrN3/c1-20(15(9-18)11-4-5-11)10-12-6-7-14(17)13-3-2-8-19-16(12)13/h2-3,6-8,11,15H,4-5,9-10,18H2,1H3. The van der Waals surface area contributed by atoms with Gasteiger partial charge in [-0.2, -0.15) is 0 Å². The fourth-order valence-electron chi connectivity index (χ4n) is 2.92. The van der Waals surface area contributed by atoms with Gasteiger partial charge in [-0.15, -0.1) is 0 Å². The van der Waals surface area contributed by atoms with Gasteiger partial charge in [0.05, 0.1) is 5.52 Å². The lowest BCUT2D eigenvalue weighted by Crippen LogP contribution is -2.39. The second-order valence-electron chi connectivity index (χ2n) is 5.66. The van der Waals surface area contributed by atoms with E-state index in [0.717, 1.165) is 29.0 Å². The van der Waals surface area contributed by atoms with Crippen molar-refractivity contribution in [2.45, 2.75) is 25.4 Å². The molecule has 1 unspecified atom stereocenters. The summed E-state index contributed by atoms with van der Waals surface area (Å²) in [5.41, 5.74) is 8.29. The molecule has 0 radical (unpaired) electrons. The minimum Gasteiger partial charge on any atom is -0.329 e. The normalized spacial score (nSPS) is 16.8. The van der Waals surface area contributed by atoms with Crippen molar-refractivity contribution in [2.75, 3.05) is 13.6 Å². The smallest absolute Gasteiger partial charge is 0.0758 e. The zero-order chi connectivity index (χ0) is 14.1. The summed E-state index contributed by atoms with van der Waals surface area (Å²) < 4.78 is 1.10. The van der Waals surface area contributed by atoms with Crippen molar-refractivity contribution < 1.29 is 0 Å². The number of fused-ring (bicyclic) bond motifs is 1. The molecule has 0 amide bonds. The molecule has 1 aromatic heterocycles. The van der Waals surface area contributed by atoms with Crippen LogP contribution in [0, 0.1) is 5.92 Å². The molecule has 3 rings (SSSR count). The molecule has 2 aromatic rings. The van der Waals surface area contributed by atoms with E-state index in [1.807, 2.05) is 12.3 Å². The molecule has 4 heteroatoms. The van der Waals surface area contributed by atoms with Crippen molar-refractivity contribution in [1.29, 1.82) is 0 Å². The first-order valence-corrected chi connectivity index (χ1v) is 7.92. The van der Waals surface area contributed by atoms with E-state index in [1.54, 1.807) is 0 Å². The highest BCUT2D eigenvalue weighted by Gasteiger charge is 2.32. The maximum Gasteiger partial charge on any atom is 0.0758 e. The molecule has 1 aromatic carbocycles. The van der Waals surface area contributed by atoms with E-state index < -0.39 is 0 Å². The van der Waals surface area contributed by atoms with Gasteiger partial charge in [-0.1, -0.05) is 28.1 Å². The van der Waals surface area contributed by atoms with Gasteiger partial charge in [0.1, 0.15) is 0 Å². The zero-order valence-electron chi connectivity index (χ0n) is 11.7. The first-order chi connectivity index (χ1) is 9.70. The third-order valence-electron chi connectivity index (χ3n) is 4.19. The summed E-state index contributed by atoms with van der Waals surface area (Å²) in [6.07, 6.45) is 4.51. The predicted octanol–water partition coefficient (Wildman–Crippen LogP) is 3.17. The molecular weight excluding hydrogens is 314 g/mol. The summed E-state index contributed by atoms with van der Waals surface area (Å²) in [4.78, 5) is 6.94. The van der Waals surface area contributed by atoms with E-state index in [9.17, 15) is 0 Å². The van der Waals surface area contributed by atoms with Crippen LogP contribution in [0.5, 0.6) is 0 Å². The van der Waals surface area contributed by atoms with Crippen molar-refractivity contribution in [1.82, 2.24) is 9.88 Å². The van der Waals surface area contributed by atoms with Gasteiger partial charge < -0.3 is 5.73 Å². The van der Waals surface area contributed by atoms with E-state index in [2.05, 4.69) is 51.1 Å². The Bertz CT molecular complexity index is 610. The van der Waals surface area contributed by atoms with Gasteiger partial charge in [-0.25, -0.2) is 0 Å². The number of hydrogen-bond acceptors (Lipinski definition) is 3. The number of halogens is 1. The van der Waals surface area contributed by atoms with Crippen LogP contribution < -0.4 is 5.73 Å². The summed E-state index contributed by atoms with van der Waals surface area (Å²) in [5, 5.41) is 1.18. The van der Waals surface area contributed by atoms with Crippen molar-refractivity contribution >= 4 is 26.8 Å². The highest BCUT2D eigenvalue weighted by atomic mass is 79.9. The predicted molar refractivity (Wildman–Crippen MR) is 86.5 cm³/mol. The topological polar surface area (TPSA) is 42.2 Å². The van der Waals surface area contributed by atoms with Gasteiger partial charge in [0, 0.05) is 35.2 Å². The number of rotatable bonds is 5. The molecule has 1 fully saturated rings. The molecular formula is C16H20BrN3. The third-order valence-corrected chi connectivity index (χ3v) is 4.89. The Morgan fingerprint density at radius 1 is 1.40 bits per heavy atom. The molecule has 20 heavy (non-hydrogen) atoms. The third kappa shape index (κ3) is 2.73. The number of nitrogens with zero attached hydrogens (tertiary/aromatic N) is 2. The molecule has 0 saturated heterocycles. The van der Waals surface area contributed by atoms with Crippen LogP contribution in [-0.2, 0) is 6.54 Å². The maximum absolute atomic E-state index is 5.94. The molecule has 1 aliphatic carbocycles. The van der Waals surface area contributed by atoms with Crippen LogP contribution in [0.4, 0.5) is 0 Å². The van der Waals surface area contributed by atoms with Crippen LogP contribution in [0.25, 0.3) is 10.9 Å². The minimum atomic E-state index is 0.498. The van der Waals surface area contributed by atoms with Crippen LogP contribution in [0.2, 0.25) is 0 Å². The summed E-state index contributed by atoms with van der Waals surface area (Å²) in [6, 6.07) is 8.86. The van der Waals surface area contributed by atoms with Crippen LogP contribution in [0.3, 0.4) is 0 Å². The second kappa shape index (κ2) is 5.80. The monoisotopic (exact) mass is 333 g/mol. The largest absolute Gasteiger partial charge is 0.329 e. The minimum absolute atomic E-state index is 0.498. The van der Waals surface area contributed by atoms with E-state index in [1.165, 1.54) is 23.8 Å². The first kappa shape index (κ1) is 14.0. The molecule has 0 bridgehead atoms. The second-order valence-corrected chi connectivity index (χ2v) is 6.52. The highest BCUT2D eigenvalue weighted by Crippen LogP contribution is 2.35. The molecule has 1 atom stereocenters. The van der Waals surface area contributed by atoms with Crippen LogP contribution >= 0.6 is 15.9 Å². The van der Waals surface area contributed by atoms with Crippen LogP contribution in [-0.4, -0.2) is 29.5 Å². The quantitative estimate of drug-likeness (QED) is 0.913. The molecule has 2 N–H and O–H groups in total. The summed E-state index contributed by atoms with van der Waals surface area (Å²) >= 11 is 3.60. The lowest BCUT2D eigenvalue weighted by Gasteiger charge is -2.27. The molecule has 1 heterocycles. The van der Waals surface area contributed by atoms with Gasteiger partial charge in [0.25, 0.3) is 0 Å². The molecule has 0 aliphatic heterocycles. The Kier molecular flexibility index (Phi) is 4.06. The lowest BCUT2D eigenvalue weighted by molar-refractivity contribution is 0.216. The first-order valence-electron chi connectivity index (χ1n) is 7.13. The number of aromatic nitrogens is 1. The summed E-state index contributed by atoms with van der Waals surface area (Å²) in [7, 11) is 2.17. The van der Waals surface area contributed by atoms with Gasteiger partial charge in [0.2, 0.25) is 0 Å². The van der Waals surface area contributed by atoms with Crippen LogP contribution in [0.15, 0.2) is 34.9 Å². The number of nitrogens with two attached hydrogens (primary N) is 1. The van der Waals surface area contributed by atoms with Crippen LogP contribution in [0.1, 0.15) is 18.4 Å². The number of hydrogen-bond donors (Lipinski definition) is 1. The van der Waals surface area contributed by atoms with E-state index in [4.69, 9.17) is 5.73 Å². The Balaban J connectivity index is 1.88. The summed E-state index contributed by atoms with van der Waals surface area (Å²) in [6.45, 7) is 1.64. The average Bonchev–Trinajstić information content (AvgIpc) is 3.28. The summed E-state index contributed by atoms with van der Waals surface area (Å²) in [5.74, 6) is 0.791. The Labute approximate surface area is 128 Å². The number of likely N-dealkylation sites (N-methyl/N-ethyl adjacent to an activating group) is 1. The highest BCUT2D eigenvalue weighted by molar-refractivity contribution is 9.10. The van der Waals surface area contributed by atoms with E-state index in [-0.39, 0.29) is 0 Å². The number of benzene rings is 1. The maximum atomic E-state index is 5.94. The molecule has 3 nitrogen and oxygen atoms in total. The Morgan fingerprint density at radius 2 is 2.20 bits per heavy atom. The fraction of sp³-hybridized carbons (Fsp3) is 0.438.